The predicted molar refractivity (Wildman–Crippen MR) is 96.7 cm³/mol. The van der Waals surface area contributed by atoms with Gasteiger partial charge in [-0.3, -0.25) is 9.80 Å². The maximum absolute atomic E-state index is 12.4. The molecule has 3 heteroatoms. The quantitative estimate of drug-likeness (QED) is 0.251. The number of carbonyl (C=O) groups excluding carboxylic acids is 1. The van der Waals surface area contributed by atoms with Gasteiger partial charge in [-0.1, -0.05) is 65.9 Å². The first-order valence-electron chi connectivity index (χ1n) is 9.30. The molecular formula is C19H38N2O. The number of rotatable bonds is 14. The summed E-state index contributed by atoms with van der Waals surface area (Å²) in [5.41, 5.74) is 0.639. The van der Waals surface area contributed by atoms with Gasteiger partial charge in [-0.05, 0) is 26.2 Å². The summed E-state index contributed by atoms with van der Waals surface area (Å²) in [4.78, 5) is 12.4. The highest BCUT2D eigenvalue weighted by atomic mass is 16.2. The summed E-state index contributed by atoms with van der Waals surface area (Å²) in [6.07, 6.45) is 10.9. The SMILES string of the molecule is C=C(C)C(=O)N(CCC)N(CCCCCC)CCCCCC. The molecule has 0 spiro atoms. The van der Waals surface area contributed by atoms with Crippen molar-refractivity contribution in [1.29, 1.82) is 0 Å². The van der Waals surface area contributed by atoms with E-state index < -0.39 is 0 Å². The second-order valence-electron chi connectivity index (χ2n) is 6.28. The van der Waals surface area contributed by atoms with Gasteiger partial charge in [-0.25, -0.2) is 5.01 Å². The van der Waals surface area contributed by atoms with Gasteiger partial charge in [-0.2, -0.15) is 0 Å². The van der Waals surface area contributed by atoms with Crippen LogP contribution in [0, 0.1) is 0 Å². The molecule has 0 aliphatic rings. The van der Waals surface area contributed by atoms with Crippen molar-refractivity contribution in [3.05, 3.63) is 12.2 Å². The number of hydrazine groups is 1. The van der Waals surface area contributed by atoms with E-state index >= 15 is 0 Å². The van der Waals surface area contributed by atoms with Gasteiger partial charge in [0.2, 0.25) is 0 Å². The summed E-state index contributed by atoms with van der Waals surface area (Å²) < 4.78 is 0. The minimum atomic E-state index is 0.0906. The van der Waals surface area contributed by atoms with Crippen LogP contribution in [0.5, 0.6) is 0 Å². The van der Waals surface area contributed by atoms with Crippen molar-refractivity contribution in [3.8, 4) is 0 Å². The van der Waals surface area contributed by atoms with E-state index in [2.05, 4.69) is 32.4 Å². The number of amides is 1. The van der Waals surface area contributed by atoms with Crippen molar-refractivity contribution >= 4 is 5.91 Å². The predicted octanol–water partition coefficient (Wildman–Crippen LogP) is 5.18. The van der Waals surface area contributed by atoms with Crippen LogP contribution in [0.15, 0.2) is 12.2 Å². The van der Waals surface area contributed by atoms with Gasteiger partial charge >= 0.3 is 0 Å². The van der Waals surface area contributed by atoms with Gasteiger partial charge in [0.1, 0.15) is 0 Å². The van der Waals surface area contributed by atoms with Crippen LogP contribution in [0.1, 0.15) is 85.5 Å². The van der Waals surface area contributed by atoms with Crippen LogP contribution in [0.2, 0.25) is 0 Å². The lowest BCUT2D eigenvalue weighted by atomic mass is 10.2. The van der Waals surface area contributed by atoms with E-state index in [0.717, 1.165) is 26.1 Å². The van der Waals surface area contributed by atoms with Crippen molar-refractivity contribution in [2.75, 3.05) is 19.6 Å². The molecule has 0 fully saturated rings. The molecule has 1 amide bonds. The second-order valence-corrected chi connectivity index (χ2v) is 6.28. The standard InChI is InChI=1S/C19H38N2O/c1-6-9-11-13-16-20(17-14-12-10-7-2)21(15-8-3)19(22)18(4)5/h4,6-17H2,1-3,5H3. The van der Waals surface area contributed by atoms with Gasteiger partial charge in [0.05, 0.1) is 0 Å². The molecule has 0 radical (unpaired) electrons. The zero-order valence-corrected chi connectivity index (χ0v) is 15.5. The van der Waals surface area contributed by atoms with E-state index in [1.54, 1.807) is 0 Å². The minimum absolute atomic E-state index is 0.0906. The maximum Gasteiger partial charge on any atom is 0.263 e. The molecule has 0 atom stereocenters. The third-order valence-corrected chi connectivity index (χ3v) is 3.92. The largest absolute Gasteiger partial charge is 0.272 e. The Labute approximate surface area is 138 Å². The highest BCUT2D eigenvalue weighted by molar-refractivity contribution is 5.91. The van der Waals surface area contributed by atoms with Gasteiger partial charge in [0, 0.05) is 25.2 Å². The van der Waals surface area contributed by atoms with Crippen molar-refractivity contribution in [2.24, 2.45) is 0 Å². The molecule has 0 bridgehead atoms. The van der Waals surface area contributed by atoms with E-state index in [4.69, 9.17) is 0 Å². The monoisotopic (exact) mass is 310 g/mol. The van der Waals surface area contributed by atoms with Crippen LogP contribution in [0.4, 0.5) is 0 Å². The third-order valence-electron chi connectivity index (χ3n) is 3.92. The fourth-order valence-electron chi connectivity index (χ4n) is 2.60. The summed E-state index contributed by atoms with van der Waals surface area (Å²) in [6.45, 7) is 15.0. The van der Waals surface area contributed by atoms with Crippen molar-refractivity contribution in [3.63, 3.8) is 0 Å². The molecule has 130 valence electrons. The molecular weight excluding hydrogens is 272 g/mol. The minimum Gasteiger partial charge on any atom is -0.272 e. The molecule has 22 heavy (non-hydrogen) atoms. The normalized spacial score (nSPS) is 11.0. The first kappa shape index (κ1) is 21.2. The van der Waals surface area contributed by atoms with Crippen molar-refractivity contribution in [2.45, 2.75) is 85.5 Å². The van der Waals surface area contributed by atoms with Crippen LogP contribution >= 0.6 is 0 Å². The molecule has 0 aromatic carbocycles. The Balaban J connectivity index is 4.64. The molecule has 0 unspecified atom stereocenters. The van der Waals surface area contributed by atoms with Gasteiger partial charge in [0.15, 0.2) is 0 Å². The molecule has 0 heterocycles. The fourth-order valence-corrected chi connectivity index (χ4v) is 2.60. The van der Waals surface area contributed by atoms with E-state index in [0.29, 0.717) is 5.57 Å². The third kappa shape index (κ3) is 9.24. The Morgan fingerprint density at radius 1 is 0.773 bits per heavy atom. The highest BCUT2D eigenvalue weighted by Crippen LogP contribution is 2.11. The van der Waals surface area contributed by atoms with Crippen LogP contribution in [0.3, 0.4) is 0 Å². The summed E-state index contributed by atoms with van der Waals surface area (Å²) in [7, 11) is 0. The lowest BCUT2D eigenvalue weighted by Crippen LogP contribution is -2.48. The Hall–Kier alpha value is -0.830. The summed E-state index contributed by atoms with van der Waals surface area (Å²) >= 11 is 0. The van der Waals surface area contributed by atoms with Crippen molar-refractivity contribution in [1.82, 2.24) is 10.0 Å². The lowest BCUT2D eigenvalue weighted by Gasteiger charge is -2.35. The van der Waals surface area contributed by atoms with E-state index in [-0.39, 0.29) is 5.91 Å². The highest BCUT2D eigenvalue weighted by Gasteiger charge is 2.20. The molecule has 0 aliphatic carbocycles. The van der Waals surface area contributed by atoms with Crippen LogP contribution in [-0.2, 0) is 4.79 Å². The molecule has 0 aromatic rings. The second kappa shape index (κ2) is 13.8. The van der Waals surface area contributed by atoms with Gasteiger partial charge in [0.25, 0.3) is 5.91 Å². The Bertz CT molecular complexity index is 290. The Kier molecular flexibility index (Phi) is 13.3. The topological polar surface area (TPSA) is 23.6 Å². The first-order valence-corrected chi connectivity index (χ1v) is 9.30. The molecule has 0 saturated carbocycles. The van der Waals surface area contributed by atoms with E-state index in [9.17, 15) is 4.79 Å². The number of nitrogens with zero attached hydrogens (tertiary/aromatic N) is 2. The van der Waals surface area contributed by atoms with Crippen LogP contribution < -0.4 is 0 Å². The van der Waals surface area contributed by atoms with Crippen LogP contribution in [0.25, 0.3) is 0 Å². The summed E-state index contributed by atoms with van der Waals surface area (Å²) in [6, 6.07) is 0. The lowest BCUT2D eigenvalue weighted by molar-refractivity contribution is -0.145. The molecule has 3 nitrogen and oxygen atoms in total. The van der Waals surface area contributed by atoms with Gasteiger partial charge < -0.3 is 0 Å². The Morgan fingerprint density at radius 2 is 1.27 bits per heavy atom. The molecule has 0 saturated heterocycles. The fraction of sp³-hybridized carbons (Fsp3) is 0.842. The number of hydrogen-bond donors (Lipinski definition) is 0. The van der Waals surface area contributed by atoms with Crippen molar-refractivity contribution < 1.29 is 4.79 Å². The number of unbranched alkanes of at least 4 members (excludes halogenated alkanes) is 6. The average molecular weight is 311 g/mol. The Morgan fingerprint density at radius 3 is 1.64 bits per heavy atom. The van der Waals surface area contributed by atoms with Crippen LogP contribution in [-0.4, -0.2) is 35.6 Å². The molecule has 0 aliphatic heterocycles. The number of carbonyl (C=O) groups is 1. The molecule has 0 rings (SSSR count). The average Bonchev–Trinajstić information content (AvgIpc) is 2.50. The maximum atomic E-state index is 12.4. The molecule has 0 aromatic heterocycles. The number of hydrogen-bond acceptors (Lipinski definition) is 2. The zero-order chi connectivity index (χ0) is 16.8. The smallest absolute Gasteiger partial charge is 0.263 e. The molecule has 0 N–H and O–H groups in total. The first-order chi connectivity index (χ1) is 10.6. The van der Waals surface area contributed by atoms with E-state index in [1.807, 2.05) is 11.9 Å². The van der Waals surface area contributed by atoms with Gasteiger partial charge in [-0.15, -0.1) is 0 Å². The summed E-state index contributed by atoms with van der Waals surface area (Å²) in [5, 5.41) is 4.23. The summed E-state index contributed by atoms with van der Waals surface area (Å²) in [5.74, 6) is 0.0906. The zero-order valence-electron chi connectivity index (χ0n) is 15.5. The van der Waals surface area contributed by atoms with E-state index in [1.165, 1.54) is 51.4 Å².